The van der Waals surface area contributed by atoms with Gasteiger partial charge >= 0.3 is 0 Å². The smallest absolute Gasteiger partial charge is 0.174 e. The summed E-state index contributed by atoms with van der Waals surface area (Å²) in [5.41, 5.74) is 0. The fraction of sp³-hybridized carbons (Fsp3) is 0.364. The minimum atomic E-state index is -1.48. The van der Waals surface area contributed by atoms with Crippen molar-refractivity contribution in [3.05, 3.63) is 36.7 Å². The van der Waals surface area contributed by atoms with Gasteiger partial charge in [0.2, 0.25) is 0 Å². The summed E-state index contributed by atoms with van der Waals surface area (Å²) in [5, 5.41) is 43.7. The number of azo groups is 1. The molecule has 0 aliphatic carbocycles. The molecule has 0 aliphatic rings. The third-order valence-corrected chi connectivity index (χ3v) is 2.09. The molecule has 1 heterocycles. The molecule has 0 bridgehead atoms. The lowest BCUT2D eigenvalue weighted by atomic mass is 10.1. The quantitative estimate of drug-likeness (QED) is 0.521. The molecule has 0 saturated carbocycles. The van der Waals surface area contributed by atoms with Crippen molar-refractivity contribution in [3.8, 4) is 0 Å². The Morgan fingerprint density at radius 1 is 1.28 bits per heavy atom. The average Bonchev–Trinajstić information content (AvgIpc) is 2.42. The van der Waals surface area contributed by atoms with Crippen LogP contribution < -0.4 is 0 Å². The molecule has 0 spiro atoms. The number of rotatable bonds is 6. The molecule has 0 radical (unpaired) electrons. The highest BCUT2D eigenvalue weighted by Gasteiger charge is 2.21. The molecule has 1 aromatic rings. The molecular formula is C11H15N3O4. The van der Waals surface area contributed by atoms with E-state index in [9.17, 15) is 10.2 Å². The summed E-state index contributed by atoms with van der Waals surface area (Å²) in [7, 11) is 0. The second-order valence-electron chi connectivity index (χ2n) is 3.48. The van der Waals surface area contributed by atoms with Gasteiger partial charge in [0.05, 0.1) is 6.61 Å². The van der Waals surface area contributed by atoms with Gasteiger partial charge in [0.25, 0.3) is 0 Å². The number of aliphatic hydroxyl groups is 4. The van der Waals surface area contributed by atoms with Crippen LogP contribution in [0.5, 0.6) is 0 Å². The van der Waals surface area contributed by atoms with E-state index in [4.69, 9.17) is 10.2 Å². The maximum absolute atomic E-state index is 9.39. The Morgan fingerprint density at radius 3 is 2.67 bits per heavy atom. The van der Waals surface area contributed by atoms with Crippen LogP contribution in [0.1, 0.15) is 0 Å². The lowest BCUT2D eigenvalue weighted by molar-refractivity contribution is -0.0611. The molecule has 0 aromatic carbocycles. The van der Waals surface area contributed by atoms with Gasteiger partial charge in [0.1, 0.15) is 18.3 Å². The Bertz CT molecular complexity index is 397. The summed E-state index contributed by atoms with van der Waals surface area (Å²) in [6.45, 7) is -0.637. The van der Waals surface area contributed by atoms with Gasteiger partial charge < -0.3 is 20.4 Å². The van der Waals surface area contributed by atoms with Gasteiger partial charge in [0, 0.05) is 12.4 Å². The zero-order valence-electron chi connectivity index (χ0n) is 9.53. The van der Waals surface area contributed by atoms with Crippen molar-refractivity contribution in [2.45, 2.75) is 18.3 Å². The van der Waals surface area contributed by atoms with Crippen molar-refractivity contribution >= 4 is 5.82 Å². The van der Waals surface area contributed by atoms with E-state index in [1.54, 1.807) is 24.4 Å². The van der Waals surface area contributed by atoms with Gasteiger partial charge in [-0.05, 0) is 18.2 Å². The summed E-state index contributed by atoms with van der Waals surface area (Å²) in [4.78, 5) is 3.89. The predicted molar refractivity (Wildman–Crippen MR) is 63.0 cm³/mol. The molecule has 1 rings (SSSR count). The van der Waals surface area contributed by atoms with Crippen LogP contribution in [0.4, 0.5) is 5.82 Å². The van der Waals surface area contributed by atoms with E-state index in [1.165, 1.54) is 6.20 Å². The van der Waals surface area contributed by atoms with Crippen molar-refractivity contribution in [1.29, 1.82) is 0 Å². The molecule has 0 amide bonds. The van der Waals surface area contributed by atoms with E-state index >= 15 is 0 Å². The normalized spacial score (nSPS) is 17.1. The highest BCUT2D eigenvalue weighted by atomic mass is 16.4. The first-order chi connectivity index (χ1) is 8.65. The van der Waals surface area contributed by atoms with Crippen molar-refractivity contribution in [2.24, 2.45) is 10.2 Å². The largest absolute Gasteiger partial charge is 0.394 e. The number of aromatic nitrogens is 1. The monoisotopic (exact) mass is 253 g/mol. The highest BCUT2D eigenvalue weighted by molar-refractivity contribution is 5.23. The maximum atomic E-state index is 9.39. The van der Waals surface area contributed by atoms with E-state index < -0.39 is 24.9 Å². The SMILES string of the molecule is OC[C@@H](O)[C@@H](O)[C@H](O)/C=C/N=Nc1ccccn1. The molecule has 98 valence electrons. The van der Waals surface area contributed by atoms with Crippen molar-refractivity contribution < 1.29 is 20.4 Å². The molecule has 4 N–H and O–H groups in total. The van der Waals surface area contributed by atoms with Gasteiger partial charge in [-0.3, -0.25) is 0 Å². The average molecular weight is 253 g/mol. The van der Waals surface area contributed by atoms with Gasteiger partial charge in [0.15, 0.2) is 5.82 Å². The third-order valence-electron chi connectivity index (χ3n) is 2.09. The molecule has 1 aromatic heterocycles. The highest BCUT2D eigenvalue weighted by Crippen LogP contribution is 2.06. The van der Waals surface area contributed by atoms with Crippen LogP contribution in [-0.2, 0) is 0 Å². The Kier molecular flexibility index (Phi) is 6.09. The fourth-order valence-electron chi connectivity index (χ4n) is 1.08. The first-order valence-electron chi connectivity index (χ1n) is 5.28. The first-order valence-corrected chi connectivity index (χ1v) is 5.28. The molecule has 18 heavy (non-hydrogen) atoms. The lowest BCUT2D eigenvalue weighted by Gasteiger charge is -2.18. The maximum Gasteiger partial charge on any atom is 0.174 e. The Hall–Kier alpha value is -1.67. The fourth-order valence-corrected chi connectivity index (χ4v) is 1.08. The topological polar surface area (TPSA) is 119 Å². The summed E-state index contributed by atoms with van der Waals surface area (Å²) < 4.78 is 0. The van der Waals surface area contributed by atoms with E-state index in [1.807, 2.05) is 0 Å². The zero-order valence-corrected chi connectivity index (χ0v) is 9.53. The number of hydrogen-bond donors (Lipinski definition) is 4. The second kappa shape index (κ2) is 7.62. The van der Waals surface area contributed by atoms with Crippen LogP contribution in [0.2, 0.25) is 0 Å². The Morgan fingerprint density at radius 2 is 2.06 bits per heavy atom. The molecule has 7 nitrogen and oxygen atoms in total. The summed E-state index contributed by atoms with van der Waals surface area (Å²) in [6, 6.07) is 5.14. The standard InChI is InChI=1S/C11H15N3O4/c15-7-9(17)11(18)8(16)4-6-13-14-10-3-1-2-5-12-10/h1-6,8-9,11,15-18H,7H2/b6-4+,14-13?/t8-,9-,11+/m1/s1. The Balaban J connectivity index is 2.47. The molecule has 0 aliphatic heterocycles. The van der Waals surface area contributed by atoms with E-state index in [2.05, 4.69) is 15.2 Å². The predicted octanol–water partition coefficient (Wildman–Crippen LogP) is -0.246. The molecule has 0 fully saturated rings. The summed E-state index contributed by atoms with van der Waals surface area (Å²) >= 11 is 0. The lowest BCUT2D eigenvalue weighted by Crippen LogP contribution is -2.38. The van der Waals surface area contributed by atoms with Gasteiger partial charge in [-0.1, -0.05) is 6.07 Å². The van der Waals surface area contributed by atoms with Crippen LogP contribution in [0.15, 0.2) is 46.9 Å². The van der Waals surface area contributed by atoms with Crippen LogP contribution in [0.3, 0.4) is 0 Å². The number of pyridine rings is 1. The minimum Gasteiger partial charge on any atom is -0.394 e. The van der Waals surface area contributed by atoms with Crippen LogP contribution in [0.25, 0.3) is 0 Å². The van der Waals surface area contributed by atoms with Gasteiger partial charge in [-0.2, -0.15) is 5.11 Å². The molecule has 7 heteroatoms. The van der Waals surface area contributed by atoms with Crippen LogP contribution in [-0.4, -0.2) is 50.3 Å². The zero-order chi connectivity index (χ0) is 13.4. The van der Waals surface area contributed by atoms with E-state index in [-0.39, 0.29) is 0 Å². The molecular weight excluding hydrogens is 238 g/mol. The van der Waals surface area contributed by atoms with Gasteiger partial charge in [-0.25, -0.2) is 4.98 Å². The van der Waals surface area contributed by atoms with E-state index in [0.717, 1.165) is 6.08 Å². The third kappa shape index (κ3) is 4.68. The van der Waals surface area contributed by atoms with Crippen molar-refractivity contribution in [2.75, 3.05) is 6.61 Å². The van der Waals surface area contributed by atoms with Gasteiger partial charge in [-0.15, -0.1) is 5.11 Å². The first kappa shape index (κ1) is 14.4. The Labute approximate surface area is 104 Å². The number of hydrogen-bond acceptors (Lipinski definition) is 7. The summed E-state index contributed by atoms with van der Waals surface area (Å²) in [6.07, 6.45) is -0.333. The molecule has 0 saturated heterocycles. The van der Waals surface area contributed by atoms with Crippen LogP contribution >= 0.6 is 0 Å². The number of aliphatic hydroxyl groups excluding tert-OH is 4. The van der Waals surface area contributed by atoms with Crippen molar-refractivity contribution in [3.63, 3.8) is 0 Å². The van der Waals surface area contributed by atoms with E-state index in [0.29, 0.717) is 5.82 Å². The second-order valence-corrected chi connectivity index (χ2v) is 3.48. The summed E-state index contributed by atoms with van der Waals surface area (Å²) in [5.74, 6) is 0.410. The van der Waals surface area contributed by atoms with Crippen LogP contribution in [0, 0.1) is 0 Å². The minimum absolute atomic E-state index is 0.410. The molecule has 0 unspecified atom stereocenters. The number of nitrogens with zero attached hydrogens (tertiary/aromatic N) is 3. The van der Waals surface area contributed by atoms with Crippen molar-refractivity contribution in [1.82, 2.24) is 4.98 Å². The molecule has 3 atom stereocenters.